The quantitative estimate of drug-likeness (QED) is 0.657. The van der Waals surface area contributed by atoms with Crippen LogP contribution in [0.3, 0.4) is 0 Å². The Kier molecular flexibility index (Phi) is 5.73. The van der Waals surface area contributed by atoms with Gasteiger partial charge in [0.25, 0.3) is 0 Å². The predicted molar refractivity (Wildman–Crippen MR) is 110 cm³/mol. The van der Waals surface area contributed by atoms with Crippen LogP contribution in [0.4, 0.5) is 5.13 Å². The molecule has 1 N–H and O–H groups in total. The molecule has 0 aliphatic heterocycles. The first-order chi connectivity index (χ1) is 12.7. The molecular formula is C18H19N3O3S3. The summed E-state index contributed by atoms with van der Waals surface area (Å²) in [5.41, 5.74) is 3.22. The van der Waals surface area contributed by atoms with Gasteiger partial charge in [-0.2, -0.15) is 0 Å². The van der Waals surface area contributed by atoms with E-state index in [0.717, 1.165) is 21.0 Å². The molecule has 1 aromatic carbocycles. The molecule has 9 heteroatoms. The number of thiazole rings is 2. The molecule has 0 unspecified atom stereocenters. The highest BCUT2D eigenvalue weighted by atomic mass is 32.2. The van der Waals surface area contributed by atoms with Crippen molar-refractivity contribution in [2.75, 3.05) is 11.6 Å². The molecule has 2 heterocycles. The lowest BCUT2D eigenvalue weighted by Crippen LogP contribution is -2.14. The third-order valence-electron chi connectivity index (χ3n) is 3.67. The number of carbonyl (C=O) groups is 1. The number of aryl methyl sites for hydroxylation is 2. The monoisotopic (exact) mass is 421 g/mol. The van der Waals surface area contributed by atoms with Gasteiger partial charge in [-0.3, -0.25) is 4.79 Å². The van der Waals surface area contributed by atoms with Crippen molar-refractivity contribution in [1.82, 2.24) is 9.97 Å². The van der Waals surface area contributed by atoms with Crippen LogP contribution >= 0.6 is 22.7 Å². The second-order valence-electron chi connectivity index (χ2n) is 6.33. The molecular weight excluding hydrogens is 402 g/mol. The van der Waals surface area contributed by atoms with Gasteiger partial charge in [-0.25, -0.2) is 18.4 Å². The molecule has 3 rings (SSSR count). The molecule has 6 nitrogen and oxygen atoms in total. The van der Waals surface area contributed by atoms with Crippen molar-refractivity contribution >= 4 is 43.5 Å². The summed E-state index contributed by atoms with van der Waals surface area (Å²) in [6.07, 6.45) is 1.46. The Hall–Kier alpha value is -2.10. The van der Waals surface area contributed by atoms with Gasteiger partial charge >= 0.3 is 0 Å². The van der Waals surface area contributed by atoms with Crippen LogP contribution in [-0.4, -0.2) is 30.5 Å². The number of benzene rings is 1. The molecule has 0 saturated heterocycles. The third-order valence-corrected chi connectivity index (χ3v) is 6.26. The second-order valence-corrected chi connectivity index (χ2v) is 10.5. The second kappa shape index (κ2) is 7.87. The van der Waals surface area contributed by atoms with E-state index >= 15 is 0 Å². The molecule has 0 aliphatic rings. The summed E-state index contributed by atoms with van der Waals surface area (Å²) in [5, 5.41) is 5.87. The van der Waals surface area contributed by atoms with E-state index in [1.807, 2.05) is 38.1 Å². The average molecular weight is 422 g/mol. The minimum absolute atomic E-state index is 0.126. The van der Waals surface area contributed by atoms with Gasteiger partial charge < -0.3 is 5.32 Å². The lowest BCUT2D eigenvalue weighted by atomic mass is 10.1. The van der Waals surface area contributed by atoms with Crippen LogP contribution in [0.15, 0.2) is 29.6 Å². The number of anilines is 1. The topological polar surface area (TPSA) is 89.0 Å². The largest absolute Gasteiger partial charge is 0.302 e. The molecule has 0 bridgehead atoms. The molecule has 0 fully saturated rings. The Balaban J connectivity index is 1.73. The van der Waals surface area contributed by atoms with Gasteiger partial charge in [0.2, 0.25) is 5.91 Å². The van der Waals surface area contributed by atoms with Crippen LogP contribution in [-0.2, 0) is 26.8 Å². The predicted octanol–water partition coefficient (Wildman–Crippen LogP) is 3.61. The molecule has 0 radical (unpaired) electrons. The number of hydrogen-bond donors (Lipinski definition) is 1. The van der Waals surface area contributed by atoms with Gasteiger partial charge in [-0.05, 0) is 19.4 Å². The minimum Gasteiger partial charge on any atom is -0.302 e. The molecule has 2 aromatic heterocycles. The molecule has 0 atom stereocenters. The van der Waals surface area contributed by atoms with E-state index in [4.69, 9.17) is 0 Å². The maximum atomic E-state index is 12.2. The first-order valence-electron chi connectivity index (χ1n) is 8.15. The van der Waals surface area contributed by atoms with Gasteiger partial charge in [-0.15, -0.1) is 22.7 Å². The molecule has 3 aromatic rings. The molecule has 0 aliphatic carbocycles. The molecule has 0 spiro atoms. The fourth-order valence-electron chi connectivity index (χ4n) is 2.51. The number of sulfone groups is 1. The first kappa shape index (κ1) is 19.7. The number of carbonyl (C=O) groups excluding carboxylic acids is 1. The minimum atomic E-state index is -3.19. The van der Waals surface area contributed by atoms with Gasteiger partial charge in [0.1, 0.15) is 0 Å². The summed E-state index contributed by atoms with van der Waals surface area (Å²) in [4.78, 5) is 21.7. The van der Waals surface area contributed by atoms with Crippen molar-refractivity contribution in [3.8, 4) is 10.6 Å². The first-order valence-corrected chi connectivity index (χ1v) is 11.9. The Morgan fingerprint density at radius 3 is 2.52 bits per heavy atom. The SMILES string of the molecule is Cc1ccc(CC(=O)Nc2nc(-c3sc(C)nc3CS(C)(=O)=O)cs2)cc1. The number of aromatic nitrogens is 2. The summed E-state index contributed by atoms with van der Waals surface area (Å²) < 4.78 is 23.3. The fraction of sp³-hybridized carbons (Fsp3) is 0.278. The van der Waals surface area contributed by atoms with Gasteiger partial charge in [0.05, 0.1) is 33.4 Å². The fourth-order valence-corrected chi connectivity index (χ4v) is 4.99. The van der Waals surface area contributed by atoms with E-state index in [0.29, 0.717) is 16.5 Å². The smallest absolute Gasteiger partial charge is 0.230 e. The van der Waals surface area contributed by atoms with E-state index in [1.165, 1.54) is 28.9 Å². The van der Waals surface area contributed by atoms with Crippen LogP contribution < -0.4 is 5.32 Å². The Morgan fingerprint density at radius 2 is 1.85 bits per heavy atom. The number of hydrogen-bond acceptors (Lipinski definition) is 7. The third kappa shape index (κ3) is 5.44. The zero-order chi connectivity index (χ0) is 19.6. The van der Waals surface area contributed by atoms with Gasteiger partial charge in [0, 0.05) is 11.6 Å². The van der Waals surface area contributed by atoms with Crippen molar-refractivity contribution < 1.29 is 13.2 Å². The number of nitrogens with one attached hydrogen (secondary N) is 1. The molecule has 1 amide bonds. The van der Waals surface area contributed by atoms with E-state index in [9.17, 15) is 13.2 Å². The molecule has 142 valence electrons. The van der Waals surface area contributed by atoms with Crippen molar-refractivity contribution in [3.63, 3.8) is 0 Å². The lowest BCUT2D eigenvalue weighted by Gasteiger charge is -2.02. The summed E-state index contributed by atoms with van der Waals surface area (Å²) in [6.45, 7) is 3.83. The van der Waals surface area contributed by atoms with Crippen molar-refractivity contribution in [1.29, 1.82) is 0 Å². The summed E-state index contributed by atoms with van der Waals surface area (Å²) in [5.74, 6) is -0.268. The van der Waals surface area contributed by atoms with Crippen LogP contribution in [0.1, 0.15) is 21.8 Å². The zero-order valence-corrected chi connectivity index (χ0v) is 17.6. The van der Waals surface area contributed by atoms with E-state index in [-0.39, 0.29) is 18.1 Å². The summed E-state index contributed by atoms with van der Waals surface area (Å²) in [7, 11) is -3.19. The average Bonchev–Trinajstić information content (AvgIpc) is 3.14. The highest BCUT2D eigenvalue weighted by Crippen LogP contribution is 2.33. The number of rotatable bonds is 6. The molecule has 0 saturated carbocycles. The highest BCUT2D eigenvalue weighted by Gasteiger charge is 2.18. The van der Waals surface area contributed by atoms with Crippen molar-refractivity contribution in [3.05, 3.63) is 51.5 Å². The lowest BCUT2D eigenvalue weighted by molar-refractivity contribution is -0.115. The summed E-state index contributed by atoms with van der Waals surface area (Å²) in [6, 6.07) is 7.80. The van der Waals surface area contributed by atoms with Gasteiger partial charge in [0.15, 0.2) is 15.0 Å². The maximum Gasteiger partial charge on any atom is 0.230 e. The Morgan fingerprint density at radius 1 is 1.15 bits per heavy atom. The van der Waals surface area contributed by atoms with Gasteiger partial charge in [-0.1, -0.05) is 29.8 Å². The zero-order valence-electron chi connectivity index (χ0n) is 15.1. The normalized spacial score (nSPS) is 11.5. The van der Waals surface area contributed by atoms with Crippen LogP contribution in [0, 0.1) is 13.8 Å². The number of nitrogens with zero attached hydrogens (tertiary/aromatic N) is 2. The van der Waals surface area contributed by atoms with Crippen molar-refractivity contribution in [2.24, 2.45) is 0 Å². The Labute approximate surface area is 166 Å². The molecule has 27 heavy (non-hydrogen) atoms. The van der Waals surface area contributed by atoms with E-state index < -0.39 is 9.84 Å². The standard InChI is InChI=1S/C18H19N3O3S3/c1-11-4-6-13(7-5-11)8-16(22)21-18-20-14(9-25-18)17-15(10-27(3,23)24)19-12(2)26-17/h4-7,9H,8,10H2,1-3H3,(H,20,21,22). The number of amides is 1. The summed E-state index contributed by atoms with van der Waals surface area (Å²) >= 11 is 2.71. The van der Waals surface area contributed by atoms with Crippen molar-refractivity contribution in [2.45, 2.75) is 26.0 Å². The highest BCUT2D eigenvalue weighted by molar-refractivity contribution is 7.89. The van der Waals surface area contributed by atoms with E-state index in [1.54, 1.807) is 5.38 Å². The van der Waals surface area contributed by atoms with Crippen LogP contribution in [0.2, 0.25) is 0 Å². The van der Waals surface area contributed by atoms with Crippen LogP contribution in [0.5, 0.6) is 0 Å². The van der Waals surface area contributed by atoms with Crippen LogP contribution in [0.25, 0.3) is 10.6 Å². The Bertz CT molecular complexity index is 1070. The van der Waals surface area contributed by atoms with E-state index in [2.05, 4.69) is 15.3 Å². The maximum absolute atomic E-state index is 12.2.